The zero-order valence-corrected chi connectivity index (χ0v) is 14.7. The van der Waals surface area contributed by atoms with E-state index in [0.29, 0.717) is 28.1 Å². The van der Waals surface area contributed by atoms with Gasteiger partial charge >= 0.3 is 5.97 Å². The lowest BCUT2D eigenvalue weighted by atomic mass is 10.1. The number of hydrogen-bond donors (Lipinski definition) is 1. The molecule has 0 saturated carbocycles. The summed E-state index contributed by atoms with van der Waals surface area (Å²) in [6.07, 6.45) is 1.42. The first-order valence-electron chi connectivity index (χ1n) is 8.24. The van der Waals surface area contributed by atoms with E-state index in [0.717, 1.165) is 0 Å². The van der Waals surface area contributed by atoms with Crippen molar-refractivity contribution < 1.29 is 23.3 Å². The third-order valence-corrected chi connectivity index (χ3v) is 3.62. The van der Waals surface area contributed by atoms with Crippen molar-refractivity contribution in [2.75, 3.05) is 6.54 Å². The molecule has 1 N–H and O–H groups in total. The maximum Gasteiger partial charge on any atom is 0.307 e. The minimum absolute atomic E-state index is 0.0891. The molecule has 0 spiro atoms. The maximum atomic E-state index is 12.6. The number of fused-ring (bicyclic) bond motifs is 1. The number of carbonyl (C=O) groups excluding carboxylic acids is 2. The summed E-state index contributed by atoms with van der Waals surface area (Å²) < 4.78 is 15.6. The molecule has 1 amide bonds. The number of pyridine rings is 1. The summed E-state index contributed by atoms with van der Waals surface area (Å²) in [4.78, 5) is 28.6. The van der Waals surface area contributed by atoms with Crippen LogP contribution in [0.4, 0.5) is 0 Å². The van der Waals surface area contributed by atoms with Gasteiger partial charge in [-0.25, -0.2) is 4.98 Å². The Morgan fingerprint density at radius 1 is 1.35 bits per heavy atom. The summed E-state index contributed by atoms with van der Waals surface area (Å²) in [7, 11) is 0. The molecule has 0 aliphatic carbocycles. The lowest BCUT2D eigenvalue weighted by Gasteiger charge is -2.09. The van der Waals surface area contributed by atoms with Gasteiger partial charge in [0.2, 0.25) is 0 Å². The predicted octanol–water partition coefficient (Wildman–Crippen LogP) is 2.86. The summed E-state index contributed by atoms with van der Waals surface area (Å²) in [6, 6.07) is 5.08. The minimum atomic E-state index is -0.363. The van der Waals surface area contributed by atoms with Crippen LogP contribution in [-0.4, -0.2) is 34.7 Å². The number of nitrogens with one attached hydrogen (secondary N) is 1. The smallest absolute Gasteiger partial charge is 0.307 e. The first-order valence-corrected chi connectivity index (χ1v) is 8.24. The largest absolute Gasteiger partial charge is 0.463 e. The fourth-order valence-electron chi connectivity index (χ4n) is 2.52. The molecule has 0 atom stereocenters. The molecule has 136 valence electrons. The van der Waals surface area contributed by atoms with Crippen LogP contribution >= 0.6 is 0 Å². The molecule has 0 bridgehead atoms. The van der Waals surface area contributed by atoms with Crippen molar-refractivity contribution in [3.05, 3.63) is 35.7 Å². The van der Waals surface area contributed by atoms with Crippen molar-refractivity contribution in [2.24, 2.45) is 0 Å². The third kappa shape index (κ3) is 3.74. The molecular weight excluding hydrogens is 338 g/mol. The molecule has 3 heterocycles. The summed E-state index contributed by atoms with van der Waals surface area (Å²) in [5.41, 5.74) is 1.63. The molecule has 3 aromatic heterocycles. The van der Waals surface area contributed by atoms with Gasteiger partial charge in [-0.05, 0) is 39.0 Å². The molecule has 8 heteroatoms. The van der Waals surface area contributed by atoms with Gasteiger partial charge < -0.3 is 19.0 Å². The number of aryl methyl sites for hydroxylation is 1. The Hall–Kier alpha value is -3.16. The SMILES string of the molecule is Cc1noc2nc(-c3ccco3)cc(C(=O)NCCC(=O)OC(C)C)c12. The van der Waals surface area contributed by atoms with Gasteiger partial charge in [0.25, 0.3) is 11.6 Å². The van der Waals surface area contributed by atoms with Crippen molar-refractivity contribution in [3.63, 3.8) is 0 Å². The van der Waals surface area contributed by atoms with Crippen LogP contribution in [0.15, 0.2) is 33.4 Å². The number of hydrogen-bond acceptors (Lipinski definition) is 7. The zero-order chi connectivity index (χ0) is 18.7. The predicted molar refractivity (Wildman–Crippen MR) is 92.4 cm³/mol. The van der Waals surface area contributed by atoms with Crippen molar-refractivity contribution in [3.8, 4) is 11.5 Å². The highest BCUT2D eigenvalue weighted by molar-refractivity contribution is 6.06. The number of rotatable bonds is 6. The molecule has 8 nitrogen and oxygen atoms in total. The number of carbonyl (C=O) groups is 2. The summed E-state index contributed by atoms with van der Waals surface area (Å²) >= 11 is 0. The van der Waals surface area contributed by atoms with E-state index in [2.05, 4.69) is 15.5 Å². The second-order valence-corrected chi connectivity index (χ2v) is 6.03. The number of esters is 1. The van der Waals surface area contributed by atoms with E-state index in [1.165, 1.54) is 6.26 Å². The highest BCUT2D eigenvalue weighted by atomic mass is 16.5. The lowest BCUT2D eigenvalue weighted by Crippen LogP contribution is -2.27. The summed E-state index contributed by atoms with van der Waals surface area (Å²) in [6.45, 7) is 5.44. The molecule has 0 unspecified atom stereocenters. The standard InChI is InChI=1S/C18H19N3O5/c1-10(2)25-15(22)6-7-19-17(23)12-9-13(14-5-4-8-24-14)20-18-16(12)11(3)21-26-18/h4-5,8-10H,6-7H2,1-3H3,(H,19,23). The van der Waals surface area contributed by atoms with Gasteiger partial charge in [-0.2, -0.15) is 0 Å². The van der Waals surface area contributed by atoms with Crippen LogP contribution in [0.1, 0.15) is 36.3 Å². The van der Waals surface area contributed by atoms with Gasteiger partial charge in [0.1, 0.15) is 5.69 Å². The van der Waals surface area contributed by atoms with E-state index < -0.39 is 0 Å². The van der Waals surface area contributed by atoms with Crippen molar-refractivity contribution in [1.82, 2.24) is 15.5 Å². The van der Waals surface area contributed by atoms with Crippen LogP contribution in [0.3, 0.4) is 0 Å². The van der Waals surface area contributed by atoms with E-state index in [1.54, 1.807) is 39.0 Å². The Kier molecular flexibility index (Phi) is 5.01. The molecule has 3 rings (SSSR count). The van der Waals surface area contributed by atoms with Crippen molar-refractivity contribution in [2.45, 2.75) is 33.3 Å². The van der Waals surface area contributed by atoms with E-state index in [9.17, 15) is 9.59 Å². The Morgan fingerprint density at radius 3 is 2.85 bits per heavy atom. The number of amides is 1. The number of furan rings is 1. The fourth-order valence-corrected chi connectivity index (χ4v) is 2.52. The number of aromatic nitrogens is 2. The molecule has 3 aromatic rings. The molecular formula is C18H19N3O5. The molecule has 0 saturated heterocycles. The Labute approximate surface area is 149 Å². The minimum Gasteiger partial charge on any atom is -0.463 e. The van der Waals surface area contributed by atoms with Crippen LogP contribution < -0.4 is 5.32 Å². The van der Waals surface area contributed by atoms with Crippen LogP contribution in [0.5, 0.6) is 0 Å². The van der Waals surface area contributed by atoms with Crippen LogP contribution in [0, 0.1) is 6.92 Å². The average Bonchev–Trinajstić information content (AvgIpc) is 3.23. The van der Waals surface area contributed by atoms with Crippen LogP contribution in [0.25, 0.3) is 22.6 Å². The molecule has 0 aliphatic rings. The molecule has 0 aromatic carbocycles. The Balaban J connectivity index is 1.82. The van der Waals surface area contributed by atoms with Crippen molar-refractivity contribution >= 4 is 23.0 Å². The van der Waals surface area contributed by atoms with Gasteiger partial charge in [0.15, 0.2) is 5.76 Å². The third-order valence-electron chi connectivity index (χ3n) is 3.62. The molecule has 0 radical (unpaired) electrons. The van der Waals surface area contributed by atoms with E-state index >= 15 is 0 Å². The first-order chi connectivity index (χ1) is 12.5. The average molecular weight is 357 g/mol. The molecule has 0 fully saturated rings. The van der Waals surface area contributed by atoms with Gasteiger partial charge in [-0.15, -0.1) is 0 Å². The van der Waals surface area contributed by atoms with Crippen molar-refractivity contribution in [1.29, 1.82) is 0 Å². The van der Waals surface area contributed by atoms with E-state index in [1.807, 2.05) is 0 Å². The summed E-state index contributed by atoms with van der Waals surface area (Å²) in [5.74, 6) is -0.207. The highest BCUT2D eigenvalue weighted by Gasteiger charge is 2.20. The normalized spacial score (nSPS) is 11.1. The monoisotopic (exact) mass is 357 g/mol. The van der Waals surface area contributed by atoms with Crippen LogP contribution in [-0.2, 0) is 9.53 Å². The maximum absolute atomic E-state index is 12.6. The van der Waals surface area contributed by atoms with Gasteiger partial charge in [-0.3, -0.25) is 9.59 Å². The topological polar surface area (TPSA) is 107 Å². The quantitative estimate of drug-likeness (QED) is 0.676. The molecule has 26 heavy (non-hydrogen) atoms. The Bertz CT molecular complexity index is 928. The fraction of sp³-hybridized carbons (Fsp3) is 0.333. The molecule has 0 aliphatic heterocycles. The lowest BCUT2D eigenvalue weighted by molar-refractivity contribution is -0.147. The number of ether oxygens (including phenoxy) is 1. The highest BCUT2D eigenvalue weighted by Crippen LogP contribution is 2.27. The van der Waals surface area contributed by atoms with Gasteiger partial charge in [0.05, 0.1) is 35.4 Å². The second-order valence-electron chi connectivity index (χ2n) is 6.03. The van der Waals surface area contributed by atoms with Gasteiger partial charge in [0, 0.05) is 6.54 Å². The zero-order valence-electron chi connectivity index (χ0n) is 14.7. The number of nitrogens with zero attached hydrogens (tertiary/aromatic N) is 2. The first kappa shape index (κ1) is 17.7. The Morgan fingerprint density at radius 2 is 2.15 bits per heavy atom. The summed E-state index contributed by atoms with van der Waals surface area (Å²) in [5, 5.41) is 7.13. The second kappa shape index (κ2) is 7.38. The van der Waals surface area contributed by atoms with E-state index in [-0.39, 0.29) is 36.7 Å². The van der Waals surface area contributed by atoms with Gasteiger partial charge in [-0.1, -0.05) is 5.16 Å². The van der Waals surface area contributed by atoms with Crippen LogP contribution in [0.2, 0.25) is 0 Å². The van der Waals surface area contributed by atoms with E-state index in [4.69, 9.17) is 13.7 Å².